The fraction of sp³-hybridized carbons (Fsp3) is 0.556. The third-order valence-electron chi connectivity index (χ3n) is 4.41. The van der Waals surface area contributed by atoms with Crippen LogP contribution in [-0.4, -0.2) is 79.9 Å². The van der Waals surface area contributed by atoms with Crippen LogP contribution in [0.15, 0.2) is 29.3 Å². The molecule has 0 saturated carbocycles. The minimum absolute atomic E-state index is 0.150. The van der Waals surface area contributed by atoms with E-state index in [1.165, 1.54) is 12.1 Å². The van der Waals surface area contributed by atoms with Crippen molar-refractivity contribution in [3.05, 3.63) is 35.6 Å². The maximum atomic E-state index is 13.3. The van der Waals surface area contributed by atoms with Gasteiger partial charge in [0.2, 0.25) is 5.91 Å². The molecule has 1 saturated heterocycles. The van der Waals surface area contributed by atoms with Crippen LogP contribution in [0.5, 0.6) is 0 Å². The maximum Gasteiger partial charge on any atom is 0.219 e. The lowest BCUT2D eigenvalue weighted by atomic mass is 10.2. The molecular formula is C18H28FN5O. The highest BCUT2D eigenvalue weighted by atomic mass is 19.1. The van der Waals surface area contributed by atoms with Gasteiger partial charge in [-0.3, -0.25) is 14.7 Å². The Morgan fingerprint density at radius 3 is 2.64 bits per heavy atom. The predicted octanol–water partition coefficient (Wildman–Crippen LogP) is 0.997. The van der Waals surface area contributed by atoms with E-state index in [2.05, 4.69) is 15.2 Å². The lowest BCUT2D eigenvalue weighted by Crippen LogP contribution is -2.50. The van der Waals surface area contributed by atoms with Crippen molar-refractivity contribution in [2.45, 2.75) is 13.5 Å². The number of carbonyl (C=O) groups is 1. The van der Waals surface area contributed by atoms with Gasteiger partial charge in [-0.15, -0.1) is 0 Å². The van der Waals surface area contributed by atoms with Crippen LogP contribution in [0.1, 0.15) is 12.5 Å². The highest BCUT2D eigenvalue weighted by Gasteiger charge is 2.18. The summed E-state index contributed by atoms with van der Waals surface area (Å²) in [5.41, 5.74) is 0.908. The summed E-state index contributed by atoms with van der Waals surface area (Å²) in [6.07, 6.45) is 0. The van der Waals surface area contributed by atoms with E-state index in [-0.39, 0.29) is 11.7 Å². The molecule has 1 fully saturated rings. The Kier molecular flexibility index (Phi) is 7.18. The van der Waals surface area contributed by atoms with Crippen molar-refractivity contribution in [2.75, 3.05) is 53.4 Å². The number of halogens is 1. The van der Waals surface area contributed by atoms with E-state index in [4.69, 9.17) is 0 Å². The van der Waals surface area contributed by atoms with Crippen LogP contribution >= 0.6 is 0 Å². The number of nitrogens with one attached hydrogen (secondary N) is 1. The van der Waals surface area contributed by atoms with Crippen LogP contribution in [0.4, 0.5) is 4.39 Å². The standard InChI is InChI=1S/C18H28FN5O/c1-15(25)24-11-9-23(10-12-24)8-7-21-18(20-2)22(3)14-16-5-4-6-17(19)13-16/h4-6,13H,7-12,14H2,1-3H3,(H,20,21). The molecule has 2 rings (SSSR count). The average molecular weight is 349 g/mol. The average Bonchev–Trinajstić information content (AvgIpc) is 2.59. The van der Waals surface area contributed by atoms with E-state index in [1.807, 2.05) is 22.9 Å². The third-order valence-corrected chi connectivity index (χ3v) is 4.41. The van der Waals surface area contributed by atoms with Crippen molar-refractivity contribution in [2.24, 2.45) is 4.99 Å². The number of rotatable bonds is 5. The van der Waals surface area contributed by atoms with E-state index in [0.29, 0.717) is 6.54 Å². The first-order chi connectivity index (χ1) is 12.0. The molecule has 1 aromatic rings. The Morgan fingerprint density at radius 2 is 2.04 bits per heavy atom. The Morgan fingerprint density at radius 1 is 1.32 bits per heavy atom. The zero-order valence-corrected chi connectivity index (χ0v) is 15.3. The normalized spacial score (nSPS) is 16.0. The second-order valence-electron chi connectivity index (χ2n) is 6.31. The van der Waals surface area contributed by atoms with Gasteiger partial charge in [0.25, 0.3) is 0 Å². The van der Waals surface area contributed by atoms with Crippen LogP contribution in [0.3, 0.4) is 0 Å². The number of guanidine groups is 1. The summed E-state index contributed by atoms with van der Waals surface area (Å²) in [6, 6.07) is 6.61. The molecular weight excluding hydrogens is 321 g/mol. The molecule has 0 aromatic heterocycles. The minimum Gasteiger partial charge on any atom is -0.355 e. The Hall–Kier alpha value is -2.15. The van der Waals surface area contributed by atoms with Gasteiger partial charge in [0.1, 0.15) is 5.82 Å². The highest BCUT2D eigenvalue weighted by molar-refractivity contribution is 5.79. The molecule has 1 aromatic carbocycles. The largest absolute Gasteiger partial charge is 0.355 e. The quantitative estimate of drug-likeness (QED) is 0.636. The molecule has 0 aliphatic carbocycles. The van der Waals surface area contributed by atoms with E-state index in [1.54, 1.807) is 20.0 Å². The molecule has 0 unspecified atom stereocenters. The van der Waals surface area contributed by atoms with Crippen LogP contribution in [0.2, 0.25) is 0 Å². The molecule has 0 bridgehead atoms. The number of benzene rings is 1. The summed E-state index contributed by atoms with van der Waals surface area (Å²) < 4.78 is 13.3. The van der Waals surface area contributed by atoms with Crippen molar-refractivity contribution >= 4 is 11.9 Å². The topological polar surface area (TPSA) is 51.2 Å². The van der Waals surface area contributed by atoms with E-state index < -0.39 is 0 Å². The van der Waals surface area contributed by atoms with Crippen LogP contribution in [0.25, 0.3) is 0 Å². The van der Waals surface area contributed by atoms with Crippen molar-refractivity contribution in [3.63, 3.8) is 0 Å². The van der Waals surface area contributed by atoms with Crippen LogP contribution in [-0.2, 0) is 11.3 Å². The summed E-state index contributed by atoms with van der Waals surface area (Å²) in [4.78, 5) is 21.8. The van der Waals surface area contributed by atoms with Crippen molar-refractivity contribution in [1.29, 1.82) is 0 Å². The van der Waals surface area contributed by atoms with Crippen molar-refractivity contribution in [3.8, 4) is 0 Å². The smallest absolute Gasteiger partial charge is 0.219 e. The Balaban J connectivity index is 1.74. The Labute approximate surface area is 149 Å². The number of carbonyl (C=O) groups excluding carboxylic acids is 1. The zero-order valence-electron chi connectivity index (χ0n) is 15.3. The Bertz CT molecular complexity index is 599. The molecule has 7 heteroatoms. The van der Waals surface area contributed by atoms with E-state index in [0.717, 1.165) is 50.8 Å². The van der Waals surface area contributed by atoms with Gasteiger partial charge in [0.15, 0.2) is 5.96 Å². The lowest BCUT2D eigenvalue weighted by Gasteiger charge is -2.34. The first kappa shape index (κ1) is 19.2. The highest BCUT2D eigenvalue weighted by Crippen LogP contribution is 2.06. The molecule has 0 atom stereocenters. The summed E-state index contributed by atoms with van der Waals surface area (Å²) >= 11 is 0. The molecule has 0 radical (unpaired) electrons. The molecule has 1 aliphatic rings. The number of hydrogen-bond donors (Lipinski definition) is 1. The second-order valence-corrected chi connectivity index (χ2v) is 6.31. The second kappa shape index (κ2) is 9.36. The van der Waals surface area contributed by atoms with Gasteiger partial charge in [-0.1, -0.05) is 12.1 Å². The zero-order chi connectivity index (χ0) is 18.2. The number of piperazine rings is 1. The van der Waals surface area contributed by atoms with Gasteiger partial charge in [-0.25, -0.2) is 4.39 Å². The summed E-state index contributed by atoms with van der Waals surface area (Å²) in [5.74, 6) is 0.710. The fourth-order valence-corrected chi connectivity index (χ4v) is 2.98. The molecule has 0 spiro atoms. The van der Waals surface area contributed by atoms with Gasteiger partial charge in [-0.2, -0.15) is 0 Å². The number of nitrogens with zero attached hydrogens (tertiary/aromatic N) is 4. The van der Waals surface area contributed by atoms with Crippen LogP contribution in [0, 0.1) is 5.82 Å². The van der Waals surface area contributed by atoms with Gasteiger partial charge in [0.05, 0.1) is 0 Å². The number of aliphatic imine (C=N–C) groups is 1. The minimum atomic E-state index is -0.224. The molecule has 1 N–H and O–H groups in total. The molecule has 6 nitrogen and oxygen atoms in total. The van der Waals surface area contributed by atoms with Gasteiger partial charge >= 0.3 is 0 Å². The fourth-order valence-electron chi connectivity index (χ4n) is 2.98. The first-order valence-corrected chi connectivity index (χ1v) is 8.63. The molecule has 1 amide bonds. The maximum absolute atomic E-state index is 13.3. The van der Waals surface area contributed by atoms with Gasteiger partial charge in [0, 0.05) is 66.8 Å². The van der Waals surface area contributed by atoms with E-state index in [9.17, 15) is 9.18 Å². The molecule has 1 aliphatic heterocycles. The van der Waals surface area contributed by atoms with Gasteiger partial charge < -0.3 is 15.1 Å². The van der Waals surface area contributed by atoms with Crippen LogP contribution < -0.4 is 5.32 Å². The summed E-state index contributed by atoms with van der Waals surface area (Å²) in [7, 11) is 3.68. The number of hydrogen-bond acceptors (Lipinski definition) is 3. The predicted molar refractivity (Wildman–Crippen MR) is 97.9 cm³/mol. The third kappa shape index (κ3) is 6.01. The number of amides is 1. The van der Waals surface area contributed by atoms with Gasteiger partial charge in [-0.05, 0) is 17.7 Å². The molecule has 138 valence electrons. The summed E-state index contributed by atoms with van der Waals surface area (Å²) in [6.45, 7) is 7.29. The molecule has 1 heterocycles. The summed E-state index contributed by atoms with van der Waals surface area (Å²) in [5, 5.41) is 3.35. The van der Waals surface area contributed by atoms with Crippen molar-refractivity contribution in [1.82, 2.24) is 20.0 Å². The van der Waals surface area contributed by atoms with Crippen molar-refractivity contribution < 1.29 is 9.18 Å². The van der Waals surface area contributed by atoms with E-state index >= 15 is 0 Å². The lowest BCUT2D eigenvalue weighted by molar-refractivity contribution is -0.130. The SMILES string of the molecule is CN=C(NCCN1CCN(C(C)=O)CC1)N(C)Cc1cccc(F)c1. The first-order valence-electron chi connectivity index (χ1n) is 8.63. The molecule has 25 heavy (non-hydrogen) atoms. The monoisotopic (exact) mass is 349 g/mol.